The Morgan fingerprint density at radius 1 is 1.38 bits per heavy atom. The molecule has 2 nitrogen and oxygen atoms in total. The molecule has 0 unspecified atom stereocenters. The van der Waals surface area contributed by atoms with E-state index in [1.54, 1.807) is 6.20 Å². The van der Waals surface area contributed by atoms with Crippen LogP contribution in [0.2, 0.25) is 0 Å². The fourth-order valence-corrected chi connectivity index (χ4v) is 1.86. The molecule has 1 aliphatic rings. The molecule has 4 heteroatoms. The van der Waals surface area contributed by atoms with Gasteiger partial charge in [0.15, 0.2) is 0 Å². The predicted octanol–water partition coefficient (Wildman–Crippen LogP) is 2.74. The quantitative estimate of drug-likeness (QED) is 0.767. The van der Waals surface area contributed by atoms with Crippen LogP contribution in [0.25, 0.3) is 5.57 Å². The van der Waals surface area contributed by atoms with Gasteiger partial charge in [0.2, 0.25) is 0 Å². The topological polar surface area (TPSA) is 16.1 Å². The predicted molar refractivity (Wildman–Crippen MR) is 59.3 cm³/mol. The van der Waals surface area contributed by atoms with Crippen LogP contribution in [-0.4, -0.2) is 30.0 Å². The van der Waals surface area contributed by atoms with Gasteiger partial charge in [0.1, 0.15) is 0 Å². The van der Waals surface area contributed by atoms with Crippen molar-refractivity contribution in [3.63, 3.8) is 0 Å². The van der Waals surface area contributed by atoms with E-state index in [1.165, 1.54) is 12.3 Å². The Balaban J connectivity index is 2.26. The van der Waals surface area contributed by atoms with Crippen molar-refractivity contribution >= 4 is 5.57 Å². The summed E-state index contributed by atoms with van der Waals surface area (Å²) in [5.74, 6) is 0. The van der Waals surface area contributed by atoms with Crippen molar-refractivity contribution in [1.82, 2.24) is 9.88 Å². The summed E-state index contributed by atoms with van der Waals surface area (Å²) < 4.78 is 25.0. The maximum Gasteiger partial charge on any atom is 0.265 e. The summed E-state index contributed by atoms with van der Waals surface area (Å²) in [4.78, 5) is 6.04. The molecule has 16 heavy (non-hydrogen) atoms. The number of rotatable bonds is 2. The molecule has 86 valence electrons. The fraction of sp³-hybridized carbons (Fsp3) is 0.417. The fourth-order valence-electron chi connectivity index (χ4n) is 1.86. The highest BCUT2D eigenvalue weighted by Gasteiger charge is 2.13. The lowest BCUT2D eigenvalue weighted by Gasteiger charge is -2.23. The van der Waals surface area contributed by atoms with Crippen molar-refractivity contribution < 1.29 is 8.78 Å². The molecule has 0 fully saturated rings. The number of likely N-dealkylation sites (N-methyl/N-ethyl adjacent to an activating group) is 1. The summed E-state index contributed by atoms with van der Waals surface area (Å²) in [6, 6.07) is 1.53. The van der Waals surface area contributed by atoms with Crippen LogP contribution >= 0.6 is 0 Å². The molecular weight excluding hydrogens is 210 g/mol. The highest BCUT2D eigenvalue weighted by molar-refractivity contribution is 5.67. The Kier molecular flexibility index (Phi) is 3.29. The molecule has 2 heterocycles. The SMILES string of the molecule is CN1CCC=C(c2cncc(C(F)F)c2)C1. The third kappa shape index (κ3) is 2.44. The van der Waals surface area contributed by atoms with Gasteiger partial charge in [-0.05, 0) is 30.7 Å². The third-order valence-electron chi connectivity index (χ3n) is 2.72. The molecular formula is C12H14F2N2. The molecule has 0 aliphatic carbocycles. The van der Waals surface area contributed by atoms with Gasteiger partial charge in [0.05, 0.1) is 0 Å². The van der Waals surface area contributed by atoms with Gasteiger partial charge in [-0.3, -0.25) is 4.98 Å². The van der Waals surface area contributed by atoms with E-state index in [9.17, 15) is 8.78 Å². The van der Waals surface area contributed by atoms with Crippen molar-refractivity contribution in [1.29, 1.82) is 0 Å². The van der Waals surface area contributed by atoms with Crippen LogP contribution < -0.4 is 0 Å². The lowest BCUT2D eigenvalue weighted by atomic mass is 10.0. The number of hydrogen-bond donors (Lipinski definition) is 0. The second kappa shape index (κ2) is 4.70. The van der Waals surface area contributed by atoms with E-state index in [-0.39, 0.29) is 5.56 Å². The Morgan fingerprint density at radius 3 is 2.88 bits per heavy atom. The largest absolute Gasteiger partial charge is 0.302 e. The van der Waals surface area contributed by atoms with Crippen molar-refractivity contribution in [2.24, 2.45) is 0 Å². The van der Waals surface area contributed by atoms with E-state index in [0.29, 0.717) is 0 Å². The van der Waals surface area contributed by atoms with Crippen LogP contribution in [-0.2, 0) is 0 Å². The van der Waals surface area contributed by atoms with Gasteiger partial charge in [0.25, 0.3) is 6.43 Å². The van der Waals surface area contributed by atoms with Gasteiger partial charge in [0, 0.05) is 31.0 Å². The molecule has 2 rings (SSSR count). The minimum Gasteiger partial charge on any atom is -0.302 e. The molecule has 0 amide bonds. The first kappa shape index (κ1) is 11.2. The summed E-state index contributed by atoms with van der Waals surface area (Å²) in [6.07, 6.45) is 3.49. The van der Waals surface area contributed by atoms with Crippen LogP contribution in [0.1, 0.15) is 24.0 Å². The van der Waals surface area contributed by atoms with Crippen molar-refractivity contribution in [2.75, 3.05) is 20.1 Å². The highest BCUT2D eigenvalue weighted by Crippen LogP contribution is 2.24. The molecule has 0 saturated heterocycles. The summed E-state index contributed by atoms with van der Waals surface area (Å²) in [5.41, 5.74) is 1.89. The maximum absolute atomic E-state index is 12.5. The molecule has 0 aromatic carbocycles. The minimum atomic E-state index is -2.45. The van der Waals surface area contributed by atoms with Crippen LogP contribution in [0.4, 0.5) is 8.78 Å². The molecule has 1 aliphatic heterocycles. The average Bonchev–Trinajstić information content (AvgIpc) is 2.29. The van der Waals surface area contributed by atoms with Gasteiger partial charge >= 0.3 is 0 Å². The standard InChI is InChI=1S/C12H14F2N2/c1-16-4-2-3-9(8-16)10-5-11(12(13)14)7-15-6-10/h3,5-7,12H,2,4,8H2,1H3. The van der Waals surface area contributed by atoms with E-state index in [4.69, 9.17) is 0 Å². The van der Waals surface area contributed by atoms with Crippen LogP contribution in [0.15, 0.2) is 24.5 Å². The monoisotopic (exact) mass is 224 g/mol. The third-order valence-corrected chi connectivity index (χ3v) is 2.72. The number of halogens is 2. The van der Waals surface area contributed by atoms with Gasteiger partial charge < -0.3 is 4.90 Å². The highest BCUT2D eigenvalue weighted by atomic mass is 19.3. The van der Waals surface area contributed by atoms with Crippen molar-refractivity contribution in [2.45, 2.75) is 12.8 Å². The van der Waals surface area contributed by atoms with Gasteiger partial charge in [-0.25, -0.2) is 8.78 Å². The van der Waals surface area contributed by atoms with E-state index < -0.39 is 6.43 Å². The molecule has 0 bridgehead atoms. The number of aromatic nitrogens is 1. The normalized spacial score (nSPS) is 17.6. The zero-order chi connectivity index (χ0) is 11.5. The zero-order valence-corrected chi connectivity index (χ0v) is 9.16. The van der Waals surface area contributed by atoms with E-state index in [2.05, 4.69) is 16.0 Å². The number of alkyl halides is 2. The molecule has 1 aromatic heterocycles. The summed E-state index contributed by atoms with van der Waals surface area (Å²) in [6.45, 7) is 1.82. The Hall–Kier alpha value is -1.29. The average molecular weight is 224 g/mol. The first-order valence-corrected chi connectivity index (χ1v) is 5.28. The molecule has 0 N–H and O–H groups in total. The second-order valence-corrected chi connectivity index (χ2v) is 4.06. The lowest BCUT2D eigenvalue weighted by Crippen LogP contribution is -2.25. The summed E-state index contributed by atoms with van der Waals surface area (Å²) >= 11 is 0. The van der Waals surface area contributed by atoms with Gasteiger partial charge in [-0.15, -0.1) is 0 Å². The lowest BCUT2D eigenvalue weighted by molar-refractivity contribution is 0.151. The molecule has 1 aromatic rings. The van der Waals surface area contributed by atoms with Crippen molar-refractivity contribution in [3.8, 4) is 0 Å². The van der Waals surface area contributed by atoms with E-state index in [1.807, 2.05) is 7.05 Å². The van der Waals surface area contributed by atoms with E-state index >= 15 is 0 Å². The minimum absolute atomic E-state index is 0.00775. The smallest absolute Gasteiger partial charge is 0.265 e. The first-order chi connectivity index (χ1) is 7.66. The second-order valence-electron chi connectivity index (χ2n) is 4.06. The van der Waals surface area contributed by atoms with Crippen LogP contribution in [0, 0.1) is 0 Å². The Bertz CT molecular complexity index is 402. The van der Waals surface area contributed by atoms with Gasteiger partial charge in [-0.2, -0.15) is 0 Å². The zero-order valence-electron chi connectivity index (χ0n) is 9.16. The maximum atomic E-state index is 12.5. The first-order valence-electron chi connectivity index (χ1n) is 5.28. The summed E-state index contributed by atoms with van der Waals surface area (Å²) in [5, 5.41) is 0. The Labute approximate surface area is 93.6 Å². The molecule has 0 atom stereocenters. The Morgan fingerprint density at radius 2 is 2.19 bits per heavy atom. The molecule has 0 radical (unpaired) electrons. The number of pyridine rings is 1. The number of nitrogens with zero attached hydrogens (tertiary/aromatic N) is 2. The van der Waals surface area contributed by atoms with Gasteiger partial charge in [-0.1, -0.05) is 6.08 Å². The molecule has 0 saturated carbocycles. The van der Waals surface area contributed by atoms with E-state index in [0.717, 1.165) is 30.6 Å². The number of hydrogen-bond acceptors (Lipinski definition) is 2. The molecule has 0 spiro atoms. The van der Waals surface area contributed by atoms with Crippen LogP contribution in [0.5, 0.6) is 0 Å². The summed E-state index contributed by atoms with van der Waals surface area (Å²) in [7, 11) is 2.03. The van der Waals surface area contributed by atoms with Crippen molar-refractivity contribution in [3.05, 3.63) is 35.7 Å². The van der Waals surface area contributed by atoms with Crippen LogP contribution in [0.3, 0.4) is 0 Å².